The van der Waals surface area contributed by atoms with Crippen LogP contribution in [0.1, 0.15) is 94.5 Å². The van der Waals surface area contributed by atoms with Crippen LogP contribution in [0.2, 0.25) is 0 Å². The minimum absolute atomic E-state index is 0.215. The number of piperazine rings is 2. The number of thiophene rings is 2. The van der Waals surface area contributed by atoms with Gasteiger partial charge >= 0.3 is 0 Å². The van der Waals surface area contributed by atoms with E-state index in [4.69, 9.17) is 5.73 Å². The summed E-state index contributed by atoms with van der Waals surface area (Å²) in [5.74, 6) is 0.486. The van der Waals surface area contributed by atoms with Crippen molar-refractivity contribution in [1.29, 1.82) is 0 Å². The monoisotopic (exact) mass is 850 g/mol. The van der Waals surface area contributed by atoms with Gasteiger partial charge in [0.1, 0.15) is 0 Å². The van der Waals surface area contributed by atoms with E-state index in [9.17, 15) is 9.59 Å². The number of nitrogens with zero attached hydrogens (tertiary/aromatic N) is 4. The van der Waals surface area contributed by atoms with Crippen molar-refractivity contribution in [3.05, 3.63) is 125 Å². The van der Waals surface area contributed by atoms with E-state index in [1.54, 1.807) is 22.7 Å². The number of anilines is 3. The third kappa shape index (κ3) is 14.3. The van der Waals surface area contributed by atoms with Crippen LogP contribution in [0.5, 0.6) is 0 Å². The van der Waals surface area contributed by atoms with Crippen LogP contribution >= 0.6 is 22.7 Å². The van der Waals surface area contributed by atoms with Crippen LogP contribution in [-0.4, -0.2) is 86.8 Å². The number of aryl methyl sites for hydroxylation is 1. The summed E-state index contributed by atoms with van der Waals surface area (Å²) in [6.07, 6.45) is 1.16. The summed E-state index contributed by atoms with van der Waals surface area (Å²) >= 11 is 3.28. The van der Waals surface area contributed by atoms with Gasteiger partial charge < -0.3 is 15.5 Å². The predicted molar refractivity (Wildman–Crippen MR) is 266 cm³/mol. The Labute approximate surface area is 369 Å². The zero-order chi connectivity index (χ0) is 43.9. The molecule has 0 bridgehead atoms. The highest BCUT2D eigenvalue weighted by molar-refractivity contribution is 7.18. The van der Waals surface area contributed by atoms with Gasteiger partial charge in [0, 0.05) is 137 Å². The van der Waals surface area contributed by atoms with Crippen molar-refractivity contribution < 1.29 is 9.59 Å². The van der Waals surface area contributed by atoms with Gasteiger partial charge in [-0.2, -0.15) is 0 Å². The van der Waals surface area contributed by atoms with Gasteiger partial charge in [0.25, 0.3) is 0 Å². The molecular formula is C51H71N5O2S2. The van der Waals surface area contributed by atoms with E-state index in [2.05, 4.69) is 99.3 Å². The maximum atomic E-state index is 12.7. The van der Waals surface area contributed by atoms with Crippen LogP contribution in [0, 0.1) is 6.92 Å². The Balaban J connectivity index is 0.000000275. The molecule has 0 amide bonds. The number of rotatable bonds is 10. The summed E-state index contributed by atoms with van der Waals surface area (Å²) in [5.41, 5.74) is 12.1. The van der Waals surface area contributed by atoms with Crippen molar-refractivity contribution in [3.63, 3.8) is 0 Å². The number of carbonyl (C=O) groups is 2. The average Bonchev–Trinajstić information content (AvgIpc) is 3.95. The molecule has 0 spiro atoms. The lowest BCUT2D eigenvalue weighted by molar-refractivity contribution is 0.0956. The van der Waals surface area contributed by atoms with Gasteiger partial charge in [-0.1, -0.05) is 103 Å². The lowest BCUT2D eigenvalue weighted by Crippen LogP contribution is -2.46. The second kappa shape index (κ2) is 27.3. The van der Waals surface area contributed by atoms with Crippen molar-refractivity contribution in [2.45, 2.75) is 75.2 Å². The summed E-state index contributed by atoms with van der Waals surface area (Å²) in [6.45, 7) is 27.9. The number of para-hydroxylation sites is 2. The smallest absolute Gasteiger partial charge is 0.165 e. The molecule has 8 rings (SSSR count). The van der Waals surface area contributed by atoms with Gasteiger partial charge in [-0.25, -0.2) is 0 Å². The molecule has 0 unspecified atom stereocenters. The number of nitrogen functional groups attached to an aromatic ring is 1. The second-order valence-electron chi connectivity index (χ2n) is 13.7. The van der Waals surface area contributed by atoms with E-state index in [1.807, 2.05) is 90.4 Å². The third-order valence-electron chi connectivity index (χ3n) is 10.2. The zero-order valence-electron chi connectivity index (χ0n) is 37.9. The first-order valence-electron chi connectivity index (χ1n) is 22.3. The Morgan fingerprint density at radius 1 is 0.517 bits per heavy atom. The molecule has 0 aliphatic carbocycles. The molecular weight excluding hydrogens is 779 g/mol. The van der Waals surface area contributed by atoms with Crippen molar-refractivity contribution in [2.24, 2.45) is 0 Å². The second-order valence-corrected chi connectivity index (χ2v) is 15.6. The first-order chi connectivity index (χ1) is 29.4. The summed E-state index contributed by atoms with van der Waals surface area (Å²) in [6, 6.07) is 33.3. The molecule has 9 heteroatoms. The average molecular weight is 850 g/mol. The number of hydrogen-bond acceptors (Lipinski definition) is 9. The molecule has 0 atom stereocenters. The topological polar surface area (TPSA) is 73.1 Å². The van der Waals surface area contributed by atoms with Gasteiger partial charge in [0.2, 0.25) is 0 Å². The van der Waals surface area contributed by atoms with E-state index < -0.39 is 0 Å². The van der Waals surface area contributed by atoms with Gasteiger partial charge in [-0.3, -0.25) is 19.4 Å². The van der Waals surface area contributed by atoms with E-state index in [0.29, 0.717) is 18.5 Å². The lowest BCUT2D eigenvalue weighted by atomic mass is 10.1. The lowest BCUT2D eigenvalue weighted by Gasteiger charge is -2.36. The maximum Gasteiger partial charge on any atom is 0.165 e. The summed E-state index contributed by atoms with van der Waals surface area (Å²) < 4.78 is 2.33. The number of ketones is 2. The van der Waals surface area contributed by atoms with Crippen molar-refractivity contribution in [3.8, 4) is 0 Å². The predicted octanol–water partition coefficient (Wildman–Crippen LogP) is 12.6. The fourth-order valence-corrected chi connectivity index (χ4v) is 9.04. The minimum atomic E-state index is 0.215. The van der Waals surface area contributed by atoms with Crippen LogP contribution in [0.4, 0.5) is 17.1 Å². The minimum Gasteiger partial charge on any atom is -0.399 e. The molecule has 2 aromatic heterocycles. The van der Waals surface area contributed by atoms with Gasteiger partial charge in [0.15, 0.2) is 11.6 Å². The van der Waals surface area contributed by atoms with Crippen molar-refractivity contribution >= 4 is 71.5 Å². The Bertz CT molecular complexity index is 1950. The Morgan fingerprint density at radius 2 is 0.900 bits per heavy atom. The van der Waals surface area contributed by atoms with E-state index in [-0.39, 0.29) is 11.6 Å². The summed E-state index contributed by atoms with van der Waals surface area (Å²) in [5, 5.41) is 6.11. The molecule has 7 nitrogen and oxygen atoms in total. The number of fused-ring (bicyclic) bond motifs is 2. The highest BCUT2D eigenvalue weighted by atomic mass is 32.1. The normalized spacial score (nSPS) is 13.8. The highest BCUT2D eigenvalue weighted by Gasteiger charge is 2.21. The van der Waals surface area contributed by atoms with Crippen LogP contribution in [0.15, 0.2) is 108 Å². The van der Waals surface area contributed by atoms with Gasteiger partial charge in [0.05, 0.1) is 0 Å². The van der Waals surface area contributed by atoms with Crippen LogP contribution in [0.25, 0.3) is 20.2 Å². The summed E-state index contributed by atoms with van der Waals surface area (Å²) in [7, 11) is 0. The molecule has 4 heterocycles. The fourth-order valence-electron chi connectivity index (χ4n) is 7.15. The van der Waals surface area contributed by atoms with E-state index in [1.165, 1.54) is 21.6 Å². The number of carbonyl (C=O) groups excluding carboxylic acids is 2. The Hall–Kier alpha value is -4.54. The molecule has 2 N–H and O–H groups in total. The number of Topliss-reactive ketones (excluding diaryl/α,β-unsaturated/α-hetero) is 2. The maximum absolute atomic E-state index is 12.7. The third-order valence-corrected chi connectivity index (χ3v) is 12.2. The number of hydrogen-bond donors (Lipinski definition) is 1. The number of benzene rings is 4. The summed E-state index contributed by atoms with van der Waals surface area (Å²) in [4.78, 5) is 35.1. The quantitative estimate of drug-likeness (QED) is 0.109. The molecule has 4 aromatic carbocycles. The SMILES string of the molecule is CC.CC.CC.CC.Cc1ccc2scc(C(=O)CCN3CCN(c4ccccc4)CC3)c2c1.Nc1ccc2scc(C(=O)CCN3CCN(c4ccccc4)CC3)c2c1. The molecule has 324 valence electrons. The number of nitrogens with two attached hydrogens (primary N) is 1. The standard InChI is InChI=1S/C22H24N2OS.C21H23N3OS.4C2H6/c1-17-7-8-22-19(15-17)20(16-26-22)21(25)9-10-23-11-13-24(14-12-23)18-5-3-2-4-6-18;22-16-6-7-21-18(14-16)19(15-26-21)20(25)8-9-23-10-12-24(13-11-23)17-4-2-1-3-5-17;4*1-2/h2-8,15-16H,9-14H2,1H3;1-7,14-15H,8-13,22H2;4*1-2H3. The van der Waals surface area contributed by atoms with Crippen LogP contribution < -0.4 is 15.5 Å². The van der Waals surface area contributed by atoms with Crippen molar-refractivity contribution in [2.75, 3.05) is 81.0 Å². The van der Waals surface area contributed by atoms with Crippen molar-refractivity contribution in [1.82, 2.24) is 9.80 Å². The molecule has 2 fully saturated rings. The van der Waals surface area contributed by atoms with Crippen LogP contribution in [0.3, 0.4) is 0 Å². The van der Waals surface area contributed by atoms with E-state index >= 15 is 0 Å². The molecule has 2 aliphatic heterocycles. The van der Waals surface area contributed by atoms with E-state index in [0.717, 1.165) is 92.0 Å². The van der Waals surface area contributed by atoms with Crippen LogP contribution in [-0.2, 0) is 0 Å². The van der Waals surface area contributed by atoms with Gasteiger partial charge in [-0.05, 0) is 61.5 Å². The zero-order valence-corrected chi connectivity index (χ0v) is 39.5. The molecule has 2 aliphatic rings. The van der Waals surface area contributed by atoms with Gasteiger partial charge in [-0.15, -0.1) is 22.7 Å². The Morgan fingerprint density at radius 3 is 1.32 bits per heavy atom. The Kier molecular flexibility index (Phi) is 22.7. The highest BCUT2D eigenvalue weighted by Crippen LogP contribution is 2.30. The molecule has 0 radical (unpaired) electrons. The first-order valence-corrected chi connectivity index (χ1v) is 24.0. The molecule has 60 heavy (non-hydrogen) atoms. The largest absolute Gasteiger partial charge is 0.399 e. The first kappa shape index (κ1) is 49.8. The molecule has 0 saturated carbocycles. The molecule has 6 aromatic rings. The molecule has 2 saturated heterocycles. The fraction of sp³-hybridized carbons (Fsp3) is 0.412.